The van der Waals surface area contributed by atoms with Crippen molar-refractivity contribution in [2.45, 2.75) is 11.8 Å². The molecular formula is C19H18N2O7S. The molecule has 0 unspecified atom stereocenters. The first kappa shape index (κ1) is 20.5. The Balaban J connectivity index is 1.53. The summed E-state index contributed by atoms with van der Waals surface area (Å²) >= 11 is 0. The van der Waals surface area contributed by atoms with Crippen LogP contribution in [0.1, 0.15) is 15.9 Å². The number of nitrogens with one attached hydrogen (secondary N) is 2. The molecule has 0 spiro atoms. The highest BCUT2D eigenvalue weighted by Crippen LogP contribution is 2.28. The number of aryl methyl sites for hydroxylation is 1. The van der Waals surface area contributed by atoms with Gasteiger partial charge in [-0.1, -0.05) is 17.7 Å². The molecule has 0 fully saturated rings. The van der Waals surface area contributed by atoms with Crippen LogP contribution in [0.3, 0.4) is 0 Å². The minimum Gasteiger partial charge on any atom is -0.482 e. The molecule has 2 N–H and O–H groups in total. The molecular weight excluding hydrogens is 400 g/mol. The van der Waals surface area contributed by atoms with Crippen LogP contribution in [0.2, 0.25) is 0 Å². The van der Waals surface area contributed by atoms with Crippen molar-refractivity contribution in [3.05, 3.63) is 53.6 Å². The normalized spacial score (nSPS) is 13.1. The number of ether oxygens (including phenoxy) is 2. The highest BCUT2D eigenvalue weighted by molar-refractivity contribution is 7.89. The van der Waals surface area contributed by atoms with Crippen LogP contribution in [0, 0.1) is 6.92 Å². The summed E-state index contributed by atoms with van der Waals surface area (Å²) in [5, 5.41) is 2.58. The quantitative estimate of drug-likeness (QED) is 0.508. The van der Waals surface area contributed by atoms with Crippen molar-refractivity contribution in [2.75, 3.05) is 25.1 Å². The number of carbonyl (C=O) groups excluding carboxylic acids is 3. The van der Waals surface area contributed by atoms with Crippen molar-refractivity contribution >= 4 is 33.4 Å². The van der Waals surface area contributed by atoms with Gasteiger partial charge in [-0.2, -0.15) is 4.72 Å². The monoisotopic (exact) mass is 418 g/mol. The molecule has 2 aromatic carbocycles. The van der Waals surface area contributed by atoms with E-state index < -0.39 is 34.9 Å². The fourth-order valence-corrected chi connectivity index (χ4v) is 3.46. The van der Waals surface area contributed by atoms with E-state index in [0.717, 1.165) is 5.56 Å². The zero-order valence-electron chi connectivity index (χ0n) is 15.4. The third kappa shape index (κ3) is 5.18. The van der Waals surface area contributed by atoms with Gasteiger partial charge >= 0.3 is 5.97 Å². The van der Waals surface area contributed by atoms with E-state index in [1.54, 1.807) is 12.1 Å². The Morgan fingerprint density at radius 1 is 1.17 bits per heavy atom. The van der Waals surface area contributed by atoms with Crippen molar-refractivity contribution in [2.24, 2.45) is 0 Å². The molecule has 0 saturated heterocycles. The van der Waals surface area contributed by atoms with Gasteiger partial charge in [-0.05, 0) is 37.3 Å². The average Bonchev–Trinajstić information content (AvgIpc) is 2.70. The number of esters is 1. The minimum absolute atomic E-state index is 0.0188. The molecule has 152 valence electrons. The van der Waals surface area contributed by atoms with E-state index in [1.807, 2.05) is 6.92 Å². The molecule has 0 radical (unpaired) electrons. The van der Waals surface area contributed by atoms with Gasteiger partial charge in [-0.25, -0.2) is 8.42 Å². The number of sulfonamides is 1. The van der Waals surface area contributed by atoms with Crippen LogP contribution in [0.15, 0.2) is 47.4 Å². The summed E-state index contributed by atoms with van der Waals surface area (Å²) in [6.07, 6.45) is 0. The van der Waals surface area contributed by atoms with Crippen molar-refractivity contribution in [1.82, 2.24) is 4.72 Å². The number of Topliss-reactive ketones (excluding diaryl/α,β-unsaturated/α-hetero) is 1. The van der Waals surface area contributed by atoms with E-state index in [4.69, 9.17) is 9.47 Å². The van der Waals surface area contributed by atoms with Gasteiger partial charge in [0.15, 0.2) is 19.0 Å². The zero-order chi connectivity index (χ0) is 21.0. The molecule has 3 rings (SSSR count). The lowest BCUT2D eigenvalue weighted by Gasteiger charge is -2.18. The number of fused-ring (bicyclic) bond motifs is 1. The van der Waals surface area contributed by atoms with Crippen LogP contribution in [0.25, 0.3) is 0 Å². The van der Waals surface area contributed by atoms with Gasteiger partial charge in [0.2, 0.25) is 10.0 Å². The highest BCUT2D eigenvalue weighted by Gasteiger charge is 2.19. The molecule has 0 atom stereocenters. The molecule has 29 heavy (non-hydrogen) atoms. The standard InChI is InChI=1S/C19H18N2O7S/c1-12-2-5-14(6-3-12)29(25,26)20-9-19(24)28-10-16(22)13-4-7-17-15(8-13)21-18(23)11-27-17/h2-8,20H,9-11H2,1H3,(H,21,23). The Bertz CT molecular complexity index is 1060. The number of anilines is 1. The lowest BCUT2D eigenvalue weighted by Crippen LogP contribution is -2.31. The molecule has 0 aliphatic carbocycles. The lowest BCUT2D eigenvalue weighted by molar-refractivity contribution is -0.141. The molecule has 10 heteroatoms. The Morgan fingerprint density at radius 2 is 1.90 bits per heavy atom. The first-order valence-corrected chi connectivity index (χ1v) is 10.0. The average molecular weight is 418 g/mol. The van der Waals surface area contributed by atoms with Crippen LogP contribution in [0.5, 0.6) is 5.75 Å². The smallest absolute Gasteiger partial charge is 0.321 e. The van der Waals surface area contributed by atoms with Crippen LogP contribution in [-0.4, -0.2) is 45.8 Å². The van der Waals surface area contributed by atoms with E-state index in [2.05, 4.69) is 10.0 Å². The highest BCUT2D eigenvalue weighted by atomic mass is 32.2. The van der Waals surface area contributed by atoms with Gasteiger partial charge in [0.25, 0.3) is 5.91 Å². The second-order valence-electron chi connectivity index (χ2n) is 6.27. The largest absolute Gasteiger partial charge is 0.482 e. The predicted molar refractivity (Wildman–Crippen MR) is 102 cm³/mol. The molecule has 2 aromatic rings. The van der Waals surface area contributed by atoms with Gasteiger partial charge in [0.05, 0.1) is 10.6 Å². The maximum absolute atomic E-state index is 12.2. The third-order valence-corrected chi connectivity index (χ3v) is 5.45. The van der Waals surface area contributed by atoms with Crippen LogP contribution >= 0.6 is 0 Å². The first-order chi connectivity index (χ1) is 13.7. The van der Waals surface area contributed by atoms with Gasteiger partial charge in [0.1, 0.15) is 12.3 Å². The fourth-order valence-electron chi connectivity index (χ4n) is 2.49. The number of carbonyl (C=O) groups is 3. The summed E-state index contributed by atoms with van der Waals surface area (Å²) in [4.78, 5) is 35.4. The maximum Gasteiger partial charge on any atom is 0.321 e. The van der Waals surface area contributed by atoms with Crippen molar-refractivity contribution in [1.29, 1.82) is 0 Å². The number of hydrogen-bond donors (Lipinski definition) is 2. The Labute approximate surface area is 167 Å². The summed E-state index contributed by atoms with van der Waals surface area (Å²) in [6, 6.07) is 10.5. The predicted octanol–water partition coefficient (Wildman–Crippen LogP) is 1.03. The van der Waals surface area contributed by atoms with Gasteiger partial charge < -0.3 is 14.8 Å². The zero-order valence-corrected chi connectivity index (χ0v) is 16.2. The maximum atomic E-state index is 12.2. The van der Waals surface area contributed by atoms with Gasteiger partial charge in [0, 0.05) is 5.56 Å². The molecule has 1 aliphatic heterocycles. The molecule has 9 nitrogen and oxygen atoms in total. The summed E-state index contributed by atoms with van der Waals surface area (Å²) in [5.74, 6) is -1.32. The van der Waals surface area contributed by atoms with Crippen LogP contribution < -0.4 is 14.8 Å². The summed E-state index contributed by atoms with van der Waals surface area (Å²) in [7, 11) is -3.87. The molecule has 1 heterocycles. The van der Waals surface area contributed by atoms with Gasteiger partial charge in [-0.15, -0.1) is 0 Å². The second-order valence-corrected chi connectivity index (χ2v) is 8.04. The fraction of sp³-hybridized carbons (Fsp3) is 0.211. The third-order valence-electron chi connectivity index (χ3n) is 4.04. The van der Waals surface area contributed by atoms with Crippen molar-refractivity contribution < 1.29 is 32.3 Å². The van der Waals surface area contributed by atoms with Crippen molar-refractivity contribution in [3.63, 3.8) is 0 Å². The summed E-state index contributed by atoms with van der Waals surface area (Å²) in [5.41, 5.74) is 1.46. The van der Waals surface area contributed by atoms with E-state index in [1.165, 1.54) is 30.3 Å². The SMILES string of the molecule is Cc1ccc(S(=O)(=O)NCC(=O)OCC(=O)c2ccc3c(c2)NC(=O)CO3)cc1. The number of benzene rings is 2. The lowest BCUT2D eigenvalue weighted by atomic mass is 10.1. The number of hydrogen-bond acceptors (Lipinski definition) is 7. The number of rotatable bonds is 7. The molecule has 0 bridgehead atoms. The molecule has 1 aliphatic rings. The van der Waals surface area contributed by atoms with E-state index in [-0.39, 0.29) is 23.0 Å². The van der Waals surface area contributed by atoms with Gasteiger partial charge in [-0.3, -0.25) is 14.4 Å². The number of ketones is 1. The molecule has 0 saturated carbocycles. The van der Waals surface area contributed by atoms with E-state index in [0.29, 0.717) is 11.4 Å². The topological polar surface area (TPSA) is 128 Å². The second kappa shape index (κ2) is 8.41. The Morgan fingerprint density at radius 3 is 2.62 bits per heavy atom. The van der Waals surface area contributed by atoms with E-state index in [9.17, 15) is 22.8 Å². The summed E-state index contributed by atoms with van der Waals surface area (Å²) < 4.78 is 36.4. The molecule has 1 amide bonds. The summed E-state index contributed by atoms with van der Waals surface area (Å²) in [6.45, 7) is 0.536. The van der Waals surface area contributed by atoms with E-state index >= 15 is 0 Å². The van der Waals surface area contributed by atoms with Crippen LogP contribution in [-0.2, 0) is 24.3 Å². The molecule has 0 aromatic heterocycles. The minimum atomic E-state index is -3.87. The van der Waals surface area contributed by atoms with Crippen LogP contribution in [0.4, 0.5) is 5.69 Å². The first-order valence-electron chi connectivity index (χ1n) is 8.56. The number of amides is 1. The van der Waals surface area contributed by atoms with Crippen molar-refractivity contribution in [3.8, 4) is 5.75 Å². The Kier molecular flexibility index (Phi) is 5.95. The Hall–Kier alpha value is -3.24.